The number of hydrogen-bond donors (Lipinski definition) is 2. The summed E-state index contributed by atoms with van der Waals surface area (Å²) < 4.78 is 22.2. The summed E-state index contributed by atoms with van der Waals surface area (Å²) >= 11 is 0. The topological polar surface area (TPSA) is 58.9 Å². The monoisotopic (exact) mass is 200 g/mol. The fourth-order valence-corrected chi connectivity index (χ4v) is 1.04. The van der Waals surface area contributed by atoms with Crippen LogP contribution in [0.4, 0.5) is 4.39 Å². The first-order chi connectivity index (χ1) is 6.63. The standard InChI is InChI=1S/C8H10BFO4/c1-13-5-6-4-7(10)2-3-8(6)14-9(11)12/h2-4,11-12H,5H2,1H3. The third-order valence-electron chi connectivity index (χ3n) is 1.55. The maximum absolute atomic E-state index is 12.8. The molecule has 0 bridgehead atoms. The van der Waals surface area contributed by atoms with E-state index >= 15 is 0 Å². The van der Waals surface area contributed by atoms with E-state index in [0.29, 0.717) is 5.56 Å². The average Bonchev–Trinajstić information content (AvgIpc) is 2.09. The number of methoxy groups -OCH3 is 1. The van der Waals surface area contributed by atoms with Crippen LogP contribution in [0.15, 0.2) is 18.2 Å². The molecule has 0 aliphatic carbocycles. The molecule has 6 heteroatoms. The van der Waals surface area contributed by atoms with Gasteiger partial charge in [0.15, 0.2) is 0 Å². The lowest BCUT2D eigenvalue weighted by molar-refractivity contribution is 0.181. The van der Waals surface area contributed by atoms with Crippen LogP contribution in [0.3, 0.4) is 0 Å². The Hall–Kier alpha value is -1.11. The van der Waals surface area contributed by atoms with Crippen LogP contribution in [0.1, 0.15) is 5.56 Å². The SMILES string of the molecule is COCc1cc(F)ccc1OB(O)O. The lowest BCUT2D eigenvalue weighted by atomic mass is 10.1. The average molecular weight is 200 g/mol. The summed E-state index contributed by atoms with van der Waals surface area (Å²) in [7, 11) is -0.472. The maximum Gasteiger partial charge on any atom is 0.707 e. The molecule has 2 N–H and O–H groups in total. The third-order valence-corrected chi connectivity index (χ3v) is 1.55. The Morgan fingerprint density at radius 1 is 1.43 bits per heavy atom. The van der Waals surface area contributed by atoms with Crippen molar-refractivity contribution in [3.63, 3.8) is 0 Å². The molecule has 0 spiro atoms. The van der Waals surface area contributed by atoms with E-state index in [0.717, 1.165) is 6.07 Å². The molecular weight excluding hydrogens is 190 g/mol. The predicted octanol–water partition coefficient (Wildman–Crippen LogP) is 0.320. The van der Waals surface area contributed by atoms with Crippen LogP contribution in [-0.4, -0.2) is 24.5 Å². The molecule has 0 aliphatic rings. The van der Waals surface area contributed by atoms with Crippen molar-refractivity contribution in [3.05, 3.63) is 29.6 Å². The van der Waals surface area contributed by atoms with Gasteiger partial charge in [-0.1, -0.05) is 0 Å². The molecule has 0 aromatic heterocycles. The van der Waals surface area contributed by atoms with Gasteiger partial charge in [0.2, 0.25) is 0 Å². The largest absolute Gasteiger partial charge is 0.707 e. The minimum atomic E-state index is -1.92. The molecule has 0 atom stereocenters. The van der Waals surface area contributed by atoms with E-state index in [1.165, 1.54) is 19.2 Å². The smallest absolute Gasteiger partial charge is 0.512 e. The molecule has 14 heavy (non-hydrogen) atoms. The predicted molar refractivity (Wildman–Crippen MR) is 47.9 cm³/mol. The Kier molecular flexibility index (Phi) is 3.88. The molecule has 1 aromatic carbocycles. The third kappa shape index (κ3) is 2.99. The zero-order valence-electron chi connectivity index (χ0n) is 7.61. The normalized spacial score (nSPS) is 10.0. The molecule has 0 unspecified atom stereocenters. The van der Waals surface area contributed by atoms with Crippen LogP contribution in [0, 0.1) is 5.82 Å². The summed E-state index contributed by atoms with van der Waals surface area (Å²) in [6, 6.07) is 3.68. The lowest BCUT2D eigenvalue weighted by Gasteiger charge is -2.10. The van der Waals surface area contributed by atoms with Gasteiger partial charge in [0, 0.05) is 12.7 Å². The number of benzene rings is 1. The summed E-state index contributed by atoms with van der Waals surface area (Å²) in [5.41, 5.74) is 0.417. The van der Waals surface area contributed by atoms with Gasteiger partial charge in [0.25, 0.3) is 0 Å². The van der Waals surface area contributed by atoms with Crippen LogP contribution in [0.5, 0.6) is 5.75 Å². The van der Waals surface area contributed by atoms with Gasteiger partial charge in [-0.15, -0.1) is 0 Å². The molecule has 76 valence electrons. The molecule has 0 radical (unpaired) electrons. The summed E-state index contributed by atoms with van der Waals surface area (Å²) in [5, 5.41) is 17.1. The fourth-order valence-electron chi connectivity index (χ4n) is 1.04. The van der Waals surface area contributed by atoms with Crippen LogP contribution >= 0.6 is 0 Å². The van der Waals surface area contributed by atoms with Crippen molar-refractivity contribution in [1.29, 1.82) is 0 Å². The molecule has 0 heterocycles. The molecule has 0 fully saturated rings. The highest BCUT2D eigenvalue weighted by atomic mass is 19.1. The number of halogens is 1. The molecule has 4 nitrogen and oxygen atoms in total. The van der Waals surface area contributed by atoms with Crippen molar-refractivity contribution in [2.75, 3.05) is 7.11 Å². The fraction of sp³-hybridized carbons (Fsp3) is 0.250. The second-order valence-corrected chi connectivity index (χ2v) is 2.63. The number of hydrogen-bond acceptors (Lipinski definition) is 4. The second-order valence-electron chi connectivity index (χ2n) is 2.63. The highest BCUT2D eigenvalue weighted by Crippen LogP contribution is 2.20. The summed E-state index contributed by atoms with van der Waals surface area (Å²) in [6.45, 7) is 0.139. The number of rotatable bonds is 4. The Morgan fingerprint density at radius 2 is 2.14 bits per heavy atom. The zero-order valence-corrected chi connectivity index (χ0v) is 7.61. The Bertz CT molecular complexity index is 305. The van der Waals surface area contributed by atoms with Crippen molar-refractivity contribution in [2.24, 2.45) is 0 Å². The minimum absolute atomic E-state index is 0.139. The Balaban J connectivity index is 2.89. The highest BCUT2D eigenvalue weighted by Gasteiger charge is 2.14. The van der Waals surface area contributed by atoms with Crippen LogP contribution in [-0.2, 0) is 11.3 Å². The Labute approximate surface area is 81.1 Å². The summed E-state index contributed by atoms with van der Waals surface area (Å²) in [5.74, 6) is -0.250. The summed E-state index contributed by atoms with van der Waals surface area (Å²) in [4.78, 5) is 0. The highest BCUT2D eigenvalue weighted by molar-refractivity contribution is 6.33. The van der Waals surface area contributed by atoms with E-state index in [9.17, 15) is 4.39 Å². The van der Waals surface area contributed by atoms with Crippen LogP contribution in [0.25, 0.3) is 0 Å². The van der Waals surface area contributed by atoms with Gasteiger partial charge < -0.3 is 19.4 Å². The maximum atomic E-state index is 12.8. The van der Waals surface area contributed by atoms with Gasteiger partial charge in [0.05, 0.1) is 6.61 Å². The van der Waals surface area contributed by atoms with E-state index in [1.54, 1.807) is 0 Å². The zero-order chi connectivity index (χ0) is 10.6. The van der Waals surface area contributed by atoms with Crippen molar-refractivity contribution < 1.29 is 23.8 Å². The summed E-state index contributed by atoms with van der Waals surface area (Å²) in [6.07, 6.45) is 0. The first kappa shape index (κ1) is 11.0. The van der Waals surface area contributed by atoms with Crippen molar-refractivity contribution in [1.82, 2.24) is 0 Å². The van der Waals surface area contributed by atoms with Gasteiger partial charge >= 0.3 is 7.32 Å². The first-order valence-corrected chi connectivity index (χ1v) is 3.93. The van der Waals surface area contributed by atoms with Crippen LogP contribution < -0.4 is 4.65 Å². The molecule has 0 aliphatic heterocycles. The van der Waals surface area contributed by atoms with Gasteiger partial charge in [-0.3, -0.25) is 0 Å². The molecule has 1 aromatic rings. The molecule has 0 saturated carbocycles. The lowest BCUT2D eigenvalue weighted by Crippen LogP contribution is -2.21. The van der Waals surface area contributed by atoms with Gasteiger partial charge in [-0.25, -0.2) is 4.39 Å². The van der Waals surface area contributed by atoms with E-state index in [1.807, 2.05) is 0 Å². The quantitative estimate of drug-likeness (QED) is 0.687. The molecule has 1 rings (SSSR count). The Morgan fingerprint density at radius 3 is 2.71 bits per heavy atom. The van der Waals surface area contributed by atoms with Gasteiger partial charge in [0.1, 0.15) is 11.6 Å². The van der Waals surface area contributed by atoms with Crippen molar-refractivity contribution in [2.45, 2.75) is 6.61 Å². The van der Waals surface area contributed by atoms with Gasteiger partial charge in [-0.2, -0.15) is 0 Å². The minimum Gasteiger partial charge on any atom is -0.512 e. The van der Waals surface area contributed by atoms with E-state index < -0.39 is 13.1 Å². The van der Waals surface area contributed by atoms with Crippen molar-refractivity contribution in [3.8, 4) is 5.75 Å². The van der Waals surface area contributed by atoms with E-state index in [-0.39, 0.29) is 12.4 Å². The molecular formula is C8H10BFO4. The first-order valence-electron chi connectivity index (χ1n) is 3.93. The van der Waals surface area contributed by atoms with E-state index in [4.69, 9.17) is 14.8 Å². The number of ether oxygens (including phenoxy) is 1. The molecule has 0 saturated heterocycles. The van der Waals surface area contributed by atoms with Gasteiger partial charge in [-0.05, 0) is 18.2 Å². The van der Waals surface area contributed by atoms with E-state index in [2.05, 4.69) is 4.65 Å². The van der Waals surface area contributed by atoms with Crippen LogP contribution in [0.2, 0.25) is 0 Å². The second kappa shape index (κ2) is 4.95. The molecule has 0 amide bonds. The van der Waals surface area contributed by atoms with Crippen molar-refractivity contribution >= 4 is 7.32 Å².